The van der Waals surface area contributed by atoms with Crippen molar-refractivity contribution < 1.29 is 4.79 Å². The molecule has 0 aromatic heterocycles. The number of benzene rings is 2. The van der Waals surface area contributed by atoms with Crippen molar-refractivity contribution in [3.05, 3.63) is 65.2 Å². The van der Waals surface area contributed by atoms with Crippen molar-refractivity contribution in [1.29, 1.82) is 0 Å². The molecule has 1 unspecified atom stereocenters. The molecule has 1 N–H and O–H groups in total. The Morgan fingerprint density at radius 3 is 2.17 bits per heavy atom. The number of aryl methyl sites for hydroxylation is 1. The molecule has 24 heavy (non-hydrogen) atoms. The van der Waals surface area contributed by atoms with Gasteiger partial charge in [-0.05, 0) is 50.3 Å². The van der Waals surface area contributed by atoms with E-state index in [0.29, 0.717) is 6.54 Å². The van der Waals surface area contributed by atoms with Crippen LogP contribution in [0.2, 0.25) is 0 Å². The lowest BCUT2D eigenvalue weighted by Crippen LogP contribution is -2.34. The van der Waals surface area contributed by atoms with Gasteiger partial charge in [0.05, 0.1) is 6.04 Å². The molecule has 1 amide bonds. The van der Waals surface area contributed by atoms with Gasteiger partial charge in [-0.25, -0.2) is 0 Å². The molecule has 0 heterocycles. The summed E-state index contributed by atoms with van der Waals surface area (Å²) in [6.45, 7) is 2.53. The van der Waals surface area contributed by atoms with Crippen LogP contribution < -0.4 is 10.2 Å². The number of nitrogens with one attached hydrogen (secondary N) is 1. The molecule has 0 saturated carbocycles. The summed E-state index contributed by atoms with van der Waals surface area (Å²) < 4.78 is 0. The minimum absolute atomic E-state index is 0.0233. The second-order valence-corrected chi connectivity index (χ2v) is 6.49. The highest BCUT2D eigenvalue weighted by atomic mass is 16.1. The lowest BCUT2D eigenvalue weighted by Gasteiger charge is -2.26. The first-order chi connectivity index (χ1) is 11.4. The first-order valence-corrected chi connectivity index (χ1v) is 8.17. The van der Waals surface area contributed by atoms with E-state index in [1.54, 1.807) is 0 Å². The molecule has 0 fully saturated rings. The van der Waals surface area contributed by atoms with Crippen molar-refractivity contribution in [2.75, 3.05) is 39.6 Å². The van der Waals surface area contributed by atoms with Crippen LogP contribution in [0.1, 0.15) is 27.5 Å². The maximum atomic E-state index is 12.4. The molecule has 0 aliphatic rings. The zero-order valence-electron chi connectivity index (χ0n) is 15.2. The number of amides is 1. The quantitative estimate of drug-likeness (QED) is 0.886. The number of likely N-dealkylation sites (N-methyl/N-ethyl adjacent to an activating group) is 1. The van der Waals surface area contributed by atoms with E-state index in [4.69, 9.17) is 0 Å². The zero-order valence-corrected chi connectivity index (χ0v) is 15.2. The zero-order chi connectivity index (χ0) is 17.7. The molecule has 4 nitrogen and oxygen atoms in total. The molecule has 0 saturated heterocycles. The molecular formula is C20H27N3O. The minimum Gasteiger partial charge on any atom is -0.378 e. The van der Waals surface area contributed by atoms with Crippen molar-refractivity contribution in [2.45, 2.75) is 13.0 Å². The monoisotopic (exact) mass is 325 g/mol. The van der Waals surface area contributed by atoms with Crippen molar-refractivity contribution in [2.24, 2.45) is 0 Å². The van der Waals surface area contributed by atoms with Crippen LogP contribution in [0.3, 0.4) is 0 Å². The molecule has 0 bridgehead atoms. The Balaban J connectivity index is 2.09. The van der Waals surface area contributed by atoms with Crippen LogP contribution in [0.15, 0.2) is 48.5 Å². The van der Waals surface area contributed by atoms with Gasteiger partial charge in [-0.15, -0.1) is 0 Å². The van der Waals surface area contributed by atoms with E-state index in [1.807, 2.05) is 59.4 Å². The Bertz CT molecular complexity index is 678. The van der Waals surface area contributed by atoms with E-state index in [0.717, 1.165) is 11.1 Å². The molecule has 1 atom stereocenters. The molecule has 4 heteroatoms. The number of nitrogens with zero attached hydrogens (tertiary/aromatic N) is 2. The smallest absolute Gasteiger partial charge is 0.251 e. The summed E-state index contributed by atoms with van der Waals surface area (Å²) in [6.07, 6.45) is 0. The van der Waals surface area contributed by atoms with E-state index in [-0.39, 0.29) is 11.9 Å². The predicted molar refractivity (Wildman–Crippen MR) is 101 cm³/mol. The van der Waals surface area contributed by atoms with Crippen LogP contribution in [-0.4, -0.2) is 45.5 Å². The van der Waals surface area contributed by atoms with Gasteiger partial charge in [-0.3, -0.25) is 4.79 Å². The molecule has 128 valence electrons. The SMILES string of the molecule is Cc1ccccc1C(=O)NCC(c1ccc(N(C)C)cc1)N(C)C. The molecule has 0 spiro atoms. The molecule has 0 aliphatic carbocycles. The lowest BCUT2D eigenvalue weighted by atomic mass is 10.0. The van der Waals surface area contributed by atoms with E-state index in [1.165, 1.54) is 11.3 Å². The van der Waals surface area contributed by atoms with Gasteiger partial charge < -0.3 is 15.1 Å². The third kappa shape index (κ3) is 4.36. The lowest BCUT2D eigenvalue weighted by molar-refractivity contribution is 0.0941. The van der Waals surface area contributed by atoms with Gasteiger partial charge in [0.25, 0.3) is 5.91 Å². The van der Waals surface area contributed by atoms with Crippen molar-refractivity contribution in [3.63, 3.8) is 0 Å². The van der Waals surface area contributed by atoms with Crippen molar-refractivity contribution in [1.82, 2.24) is 10.2 Å². The summed E-state index contributed by atoms with van der Waals surface area (Å²) in [5, 5.41) is 3.07. The van der Waals surface area contributed by atoms with E-state index >= 15 is 0 Å². The molecule has 2 aromatic carbocycles. The van der Waals surface area contributed by atoms with Crippen LogP contribution in [-0.2, 0) is 0 Å². The Kier molecular flexibility index (Phi) is 5.99. The van der Waals surface area contributed by atoms with Gasteiger partial charge >= 0.3 is 0 Å². The maximum absolute atomic E-state index is 12.4. The van der Waals surface area contributed by atoms with Gasteiger partial charge in [0.15, 0.2) is 0 Å². The van der Waals surface area contributed by atoms with Crippen LogP contribution in [0.4, 0.5) is 5.69 Å². The fourth-order valence-electron chi connectivity index (χ4n) is 2.71. The maximum Gasteiger partial charge on any atom is 0.251 e. The summed E-state index contributed by atoms with van der Waals surface area (Å²) in [6, 6.07) is 16.3. The second-order valence-electron chi connectivity index (χ2n) is 6.49. The highest BCUT2D eigenvalue weighted by molar-refractivity contribution is 5.95. The largest absolute Gasteiger partial charge is 0.378 e. The van der Waals surface area contributed by atoms with Crippen LogP contribution in [0.25, 0.3) is 0 Å². The number of carbonyl (C=O) groups excluding carboxylic acids is 1. The van der Waals surface area contributed by atoms with E-state index in [9.17, 15) is 4.79 Å². The third-order valence-corrected chi connectivity index (χ3v) is 4.26. The fourth-order valence-corrected chi connectivity index (χ4v) is 2.71. The summed E-state index contributed by atoms with van der Waals surface area (Å²) >= 11 is 0. The highest BCUT2D eigenvalue weighted by Crippen LogP contribution is 2.21. The summed E-state index contributed by atoms with van der Waals surface area (Å²) in [4.78, 5) is 16.6. The average Bonchev–Trinajstić information content (AvgIpc) is 2.55. The summed E-state index contributed by atoms with van der Waals surface area (Å²) in [5.41, 5.74) is 4.08. The van der Waals surface area contributed by atoms with Gasteiger partial charge in [0.1, 0.15) is 0 Å². The number of carbonyl (C=O) groups is 1. The number of anilines is 1. The number of hydrogen-bond acceptors (Lipinski definition) is 3. The van der Waals surface area contributed by atoms with Gasteiger partial charge in [0, 0.05) is 31.9 Å². The summed E-state index contributed by atoms with van der Waals surface area (Å²) in [5.74, 6) is -0.0233. The molecular weight excluding hydrogens is 298 g/mol. The Labute approximate surface area is 145 Å². The van der Waals surface area contributed by atoms with Gasteiger partial charge in [0.2, 0.25) is 0 Å². The van der Waals surface area contributed by atoms with Gasteiger partial charge in [-0.1, -0.05) is 30.3 Å². The molecule has 0 aliphatic heterocycles. The van der Waals surface area contributed by atoms with Crippen LogP contribution >= 0.6 is 0 Å². The third-order valence-electron chi connectivity index (χ3n) is 4.26. The Morgan fingerprint density at radius 1 is 1.00 bits per heavy atom. The minimum atomic E-state index is -0.0233. The normalized spacial score (nSPS) is 12.1. The van der Waals surface area contributed by atoms with Gasteiger partial charge in [-0.2, -0.15) is 0 Å². The average molecular weight is 325 g/mol. The molecule has 2 aromatic rings. The Morgan fingerprint density at radius 2 is 1.62 bits per heavy atom. The van der Waals surface area contributed by atoms with Crippen molar-refractivity contribution >= 4 is 11.6 Å². The van der Waals surface area contributed by atoms with Crippen LogP contribution in [0, 0.1) is 6.92 Å². The van der Waals surface area contributed by atoms with Crippen molar-refractivity contribution in [3.8, 4) is 0 Å². The standard InChI is InChI=1S/C20H27N3O/c1-15-8-6-7-9-18(15)20(24)21-14-19(23(4)5)16-10-12-17(13-11-16)22(2)3/h6-13,19H,14H2,1-5H3,(H,21,24). The first kappa shape index (κ1) is 18.0. The number of hydrogen-bond donors (Lipinski definition) is 1. The molecule has 0 radical (unpaired) electrons. The fraction of sp³-hybridized carbons (Fsp3) is 0.350. The van der Waals surface area contributed by atoms with Crippen LogP contribution in [0.5, 0.6) is 0 Å². The Hall–Kier alpha value is -2.33. The highest BCUT2D eigenvalue weighted by Gasteiger charge is 2.16. The molecule has 2 rings (SSSR count). The predicted octanol–water partition coefficient (Wildman–Crippen LogP) is 3.09. The van der Waals surface area contributed by atoms with E-state index < -0.39 is 0 Å². The topological polar surface area (TPSA) is 35.6 Å². The second kappa shape index (κ2) is 7.97. The number of rotatable bonds is 6. The summed E-state index contributed by atoms with van der Waals surface area (Å²) in [7, 11) is 8.12. The van der Waals surface area contributed by atoms with E-state index in [2.05, 4.69) is 39.4 Å². The first-order valence-electron chi connectivity index (χ1n) is 8.17.